The highest BCUT2D eigenvalue weighted by atomic mass is 32.2. The van der Waals surface area contributed by atoms with E-state index in [1.807, 2.05) is 14.0 Å². The molecule has 7 heteroatoms. The Labute approximate surface area is 108 Å². The first-order valence-electron chi connectivity index (χ1n) is 5.69. The lowest BCUT2D eigenvalue weighted by Crippen LogP contribution is -2.27. The standard InChI is InChI=1S/C11H20N4O2S/c1-9-10(7-12-2)8-13-11(14-9)15(3)5-6-18(4,16)17/h8,12H,5-7H2,1-4H3. The van der Waals surface area contributed by atoms with Crippen molar-refractivity contribution in [2.24, 2.45) is 0 Å². The first-order valence-corrected chi connectivity index (χ1v) is 7.75. The summed E-state index contributed by atoms with van der Waals surface area (Å²) < 4.78 is 22.2. The van der Waals surface area contributed by atoms with Gasteiger partial charge in [-0.25, -0.2) is 18.4 Å². The van der Waals surface area contributed by atoms with Crippen LogP contribution in [0.5, 0.6) is 0 Å². The van der Waals surface area contributed by atoms with E-state index in [1.165, 1.54) is 6.26 Å². The third kappa shape index (κ3) is 4.58. The van der Waals surface area contributed by atoms with Gasteiger partial charge >= 0.3 is 0 Å². The molecule has 0 saturated carbocycles. The van der Waals surface area contributed by atoms with Crippen LogP contribution in [0.25, 0.3) is 0 Å². The van der Waals surface area contributed by atoms with Crippen LogP contribution in [0, 0.1) is 6.92 Å². The summed E-state index contributed by atoms with van der Waals surface area (Å²) in [5, 5.41) is 3.05. The van der Waals surface area contributed by atoms with Crippen LogP contribution in [-0.2, 0) is 16.4 Å². The van der Waals surface area contributed by atoms with Crippen LogP contribution in [-0.4, -0.2) is 51.0 Å². The van der Waals surface area contributed by atoms with Gasteiger partial charge < -0.3 is 10.2 Å². The third-order valence-electron chi connectivity index (χ3n) is 2.57. The summed E-state index contributed by atoms with van der Waals surface area (Å²) in [5.41, 5.74) is 1.94. The van der Waals surface area contributed by atoms with Gasteiger partial charge in [-0.05, 0) is 14.0 Å². The topological polar surface area (TPSA) is 75.2 Å². The molecule has 1 rings (SSSR count). The number of aryl methyl sites for hydroxylation is 1. The highest BCUT2D eigenvalue weighted by Gasteiger charge is 2.10. The summed E-state index contributed by atoms with van der Waals surface area (Å²) in [6, 6.07) is 0. The van der Waals surface area contributed by atoms with Crippen molar-refractivity contribution in [1.29, 1.82) is 0 Å². The molecule has 0 atom stereocenters. The molecule has 0 radical (unpaired) electrons. The van der Waals surface area contributed by atoms with Gasteiger partial charge in [0.25, 0.3) is 0 Å². The summed E-state index contributed by atoms with van der Waals surface area (Å²) in [4.78, 5) is 10.4. The van der Waals surface area contributed by atoms with E-state index in [2.05, 4.69) is 15.3 Å². The molecule has 0 aliphatic carbocycles. The van der Waals surface area contributed by atoms with Gasteiger partial charge in [0, 0.05) is 43.8 Å². The fourth-order valence-electron chi connectivity index (χ4n) is 1.43. The summed E-state index contributed by atoms with van der Waals surface area (Å²) >= 11 is 0. The highest BCUT2D eigenvalue weighted by molar-refractivity contribution is 7.90. The molecule has 1 N–H and O–H groups in total. The Morgan fingerprint density at radius 3 is 2.61 bits per heavy atom. The number of anilines is 1. The first kappa shape index (κ1) is 14.8. The van der Waals surface area contributed by atoms with Crippen molar-refractivity contribution in [2.45, 2.75) is 13.5 Å². The Balaban J connectivity index is 2.75. The van der Waals surface area contributed by atoms with Gasteiger partial charge in [0.15, 0.2) is 0 Å². The molecule has 0 saturated heterocycles. The van der Waals surface area contributed by atoms with Crippen molar-refractivity contribution in [3.05, 3.63) is 17.5 Å². The Kier molecular flexibility index (Phi) is 5.03. The number of sulfone groups is 1. The molecule has 0 aromatic carbocycles. The fourth-order valence-corrected chi connectivity index (χ4v) is 2.04. The predicted octanol–water partition coefficient (Wildman–Crippen LogP) is -0.0148. The lowest BCUT2D eigenvalue weighted by molar-refractivity contribution is 0.600. The third-order valence-corrected chi connectivity index (χ3v) is 3.50. The Hall–Kier alpha value is -1.21. The second-order valence-electron chi connectivity index (χ2n) is 4.36. The molecular weight excluding hydrogens is 252 g/mol. The minimum Gasteiger partial charge on any atom is -0.343 e. The molecule has 0 bridgehead atoms. The second-order valence-corrected chi connectivity index (χ2v) is 6.62. The van der Waals surface area contributed by atoms with Crippen molar-refractivity contribution >= 4 is 15.8 Å². The highest BCUT2D eigenvalue weighted by Crippen LogP contribution is 2.09. The maximum atomic E-state index is 11.1. The molecule has 0 aliphatic heterocycles. The monoisotopic (exact) mass is 272 g/mol. The minimum atomic E-state index is -2.96. The lowest BCUT2D eigenvalue weighted by atomic mass is 10.2. The molecule has 0 amide bonds. The molecule has 0 spiro atoms. The van der Waals surface area contributed by atoms with Crippen LogP contribution < -0.4 is 10.2 Å². The quantitative estimate of drug-likeness (QED) is 0.785. The lowest BCUT2D eigenvalue weighted by Gasteiger charge is -2.17. The van der Waals surface area contributed by atoms with E-state index >= 15 is 0 Å². The van der Waals surface area contributed by atoms with E-state index in [9.17, 15) is 8.42 Å². The van der Waals surface area contributed by atoms with E-state index < -0.39 is 9.84 Å². The zero-order chi connectivity index (χ0) is 13.8. The zero-order valence-corrected chi connectivity index (χ0v) is 12.1. The van der Waals surface area contributed by atoms with E-state index in [-0.39, 0.29) is 5.75 Å². The average molecular weight is 272 g/mol. The largest absolute Gasteiger partial charge is 0.343 e. The maximum absolute atomic E-state index is 11.1. The zero-order valence-electron chi connectivity index (χ0n) is 11.3. The van der Waals surface area contributed by atoms with Gasteiger partial charge in [-0.2, -0.15) is 0 Å². The summed E-state index contributed by atoms with van der Waals surface area (Å²) in [6.45, 7) is 3.03. The number of hydrogen-bond acceptors (Lipinski definition) is 6. The van der Waals surface area contributed by atoms with Gasteiger partial charge in [0.05, 0.1) is 5.75 Å². The normalized spacial score (nSPS) is 11.6. The van der Waals surface area contributed by atoms with Gasteiger partial charge in [-0.15, -0.1) is 0 Å². The smallest absolute Gasteiger partial charge is 0.225 e. The van der Waals surface area contributed by atoms with E-state index in [0.29, 0.717) is 12.5 Å². The Morgan fingerprint density at radius 2 is 2.11 bits per heavy atom. The molecule has 18 heavy (non-hydrogen) atoms. The molecule has 1 aromatic heterocycles. The first-order chi connectivity index (χ1) is 8.33. The molecular formula is C11H20N4O2S. The molecule has 1 aromatic rings. The number of nitrogens with one attached hydrogen (secondary N) is 1. The van der Waals surface area contributed by atoms with Crippen molar-refractivity contribution < 1.29 is 8.42 Å². The molecule has 1 heterocycles. The minimum absolute atomic E-state index is 0.101. The maximum Gasteiger partial charge on any atom is 0.225 e. The Morgan fingerprint density at radius 1 is 1.44 bits per heavy atom. The van der Waals surface area contributed by atoms with Gasteiger partial charge in [0.2, 0.25) is 5.95 Å². The number of rotatable bonds is 6. The summed E-state index contributed by atoms with van der Waals surface area (Å²) in [7, 11) is 0.695. The molecule has 0 unspecified atom stereocenters. The number of hydrogen-bond donors (Lipinski definition) is 1. The summed E-state index contributed by atoms with van der Waals surface area (Å²) in [5.74, 6) is 0.653. The fraction of sp³-hybridized carbons (Fsp3) is 0.636. The van der Waals surface area contributed by atoms with Crippen molar-refractivity contribution in [2.75, 3.05) is 37.5 Å². The summed E-state index contributed by atoms with van der Waals surface area (Å²) in [6.07, 6.45) is 2.99. The van der Waals surface area contributed by atoms with E-state index in [1.54, 1.807) is 18.1 Å². The van der Waals surface area contributed by atoms with Crippen LogP contribution in [0.3, 0.4) is 0 Å². The molecule has 102 valence electrons. The molecule has 0 aliphatic rings. The van der Waals surface area contributed by atoms with Crippen molar-refractivity contribution in [1.82, 2.24) is 15.3 Å². The predicted molar refractivity (Wildman–Crippen MR) is 72.5 cm³/mol. The van der Waals surface area contributed by atoms with Gasteiger partial charge in [-0.3, -0.25) is 0 Å². The molecule has 6 nitrogen and oxygen atoms in total. The molecule has 0 fully saturated rings. The van der Waals surface area contributed by atoms with Crippen molar-refractivity contribution in [3.8, 4) is 0 Å². The Bertz CT molecular complexity index is 502. The number of nitrogens with zero attached hydrogens (tertiary/aromatic N) is 3. The van der Waals surface area contributed by atoms with Crippen LogP contribution in [0.4, 0.5) is 5.95 Å². The van der Waals surface area contributed by atoms with Crippen LogP contribution in [0.2, 0.25) is 0 Å². The number of aromatic nitrogens is 2. The average Bonchev–Trinajstić information content (AvgIpc) is 2.28. The SMILES string of the molecule is CNCc1cnc(N(C)CCS(C)(=O)=O)nc1C. The van der Waals surface area contributed by atoms with Crippen LogP contribution >= 0.6 is 0 Å². The van der Waals surface area contributed by atoms with Crippen LogP contribution in [0.15, 0.2) is 6.20 Å². The van der Waals surface area contributed by atoms with E-state index in [4.69, 9.17) is 0 Å². The van der Waals surface area contributed by atoms with Crippen LogP contribution in [0.1, 0.15) is 11.3 Å². The van der Waals surface area contributed by atoms with Gasteiger partial charge in [0.1, 0.15) is 9.84 Å². The van der Waals surface area contributed by atoms with E-state index in [0.717, 1.165) is 17.8 Å². The van der Waals surface area contributed by atoms with Gasteiger partial charge in [-0.1, -0.05) is 0 Å². The second kappa shape index (κ2) is 6.10. The van der Waals surface area contributed by atoms with Crippen molar-refractivity contribution in [3.63, 3.8) is 0 Å².